The van der Waals surface area contributed by atoms with Gasteiger partial charge in [0.2, 0.25) is 5.91 Å². The van der Waals surface area contributed by atoms with Crippen molar-refractivity contribution in [3.63, 3.8) is 0 Å². The molecule has 0 radical (unpaired) electrons. The lowest BCUT2D eigenvalue weighted by Gasteiger charge is -2.09. The number of benzene rings is 2. The molecule has 0 aliphatic rings. The Morgan fingerprint density at radius 2 is 1.74 bits per heavy atom. The van der Waals surface area contributed by atoms with Crippen molar-refractivity contribution in [3.8, 4) is 10.6 Å². The molecule has 1 aromatic heterocycles. The molecule has 0 aliphatic heterocycles. The van der Waals surface area contributed by atoms with Crippen molar-refractivity contribution in [2.75, 3.05) is 17.2 Å². The highest BCUT2D eigenvalue weighted by atomic mass is 32.1. The molecule has 7 heteroatoms. The number of nitrogens with one attached hydrogen (secondary N) is 3. The van der Waals surface area contributed by atoms with E-state index in [0.29, 0.717) is 17.9 Å². The number of thiazole rings is 1. The third-order valence-electron chi connectivity index (χ3n) is 3.66. The van der Waals surface area contributed by atoms with Gasteiger partial charge in [-0.3, -0.25) is 4.79 Å². The average molecular weight is 380 g/mol. The van der Waals surface area contributed by atoms with Gasteiger partial charge in [0.1, 0.15) is 5.01 Å². The maximum Gasteiger partial charge on any atom is 0.319 e. The Labute approximate surface area is 161 Å². The second-order valence-corrected chi connectivity index (χ2v) is 6.66. The number of carbonyl (C=O) groups is 2. The molecular formula is C20H20N4O2S. The van der Waals surface area contributed by atoms with Gasteiger partial charge in [0, 0.05) is 28.9 Å². The summed E-state index contributed by atoms with van der Waals surface area (Å²) in [6.07, 6.45) is 0.192. The molecular weight excluding hydrogens is 360 g/mol. The zero-order valence-corrected chi connectivity index (χ0v) is 15.7. The molecule has 3 rings (SSSR count). The molecule has 0 fully saturated rings. The van der Waals surface area contributed by atoms with Crippen LogP contribution in [0.5, 0.6) is 0 Å². The monoisotopic (exact) mass is 380 g/mol. The van der Waals surface area contributed by atoms with Crippen molar-refractivity contribution < 1.29 is 9.59 Å². The minimum Gasteiger partial charge on any atom is -0.338 e. The number of amides is 3. The van der Waals surface area contributed by atoms with Gasteiger partial charge in [0.15, 0.2) is 0 Å². The van der Waals surface area contributed by atoms with Gasteiger partial charge >= 0.3 is 6.03 Å². The van der Waals surface area contributed by atoms with Gasteiger partial charge in [0.25, 0.3) is 0 Å². The van der Waals surface area contributed by atoms with E-state index in [1.54, 1.807) is 24.3 Å². The van der Waals surface area contributed by atoms with E-state index in [9.17, 15) is 9.59 Å². The average Bonchev–Trinajstić information content (AvgIpc) is 3.11. The summed E-state index contributed by atoms with van der Waals surface area (Å²) in [5.74, 6) is -0.157. The minimum atomic E-state index is -0.281. The molecule has 0 saturated carbocycles. The van der Waals surface area contributed by atoms with Crippen LogP contribution in [0, 0.1) is 0 Å². The molecule has 0 bridgehead atoms. The number of anilines is 2. The molecule has 0 spiro atoms. The van der Waals surface area contributed by atoms with Crippen LogP contribution in [0.2, 0.25) is 0 Å². The van der Waals surface area contributed by atoms with Crippen molar-refractivity contribution >= 4 is 34.6 Å². The van der Waals surface area contributed by atoms with Crippen LogP contribution in [0.25, 0.3) is 10.6 Å². The van der Waals surface area contributed by atoms with Crippen LogP contribution in [0.3, 0.4) is 0 Å². The Morgan fingerprint density at radius 3 is 2.48 bits per heavy atom. The summed E-state index contributed by atoms with van der Waals surface area (Å²) in [4.78, 5) is 28.4. The highest BCUT2D eigenvalue weighted by molar-refractivity contribution is 7.13. The van der Waals surface area contributed by atoms with Crippen molar-refractivity contribution in [3.05, 3.63) is 65.7 Å². The van der Waals surface area contributed by atoms with Crippen LogP contribution >= 0.6 is 11.3 Å². The van der Waals surface area contributed by atoms with Crippen LogP contribution in [0.1, 0.15) is 12.6 Å². The third-order valence-corrected chi connectivity index (χ3v) is 4.60. The van der Waals surface area contributed by atoms with Crippen molar-refractivity contribution in [2.24, 2.45) is 0 Å². The van der Waals surface area contributed by atoms with E-state index in [1.165, 1.54) is 11.3 Å². The highest BCUT2D eigenvalue weighted by Crippen LogP contribution is 2.23. The zero-order chi connectivity index (χ0) is 19.1. The first kappa shape index (κ1) is 18.6. The number of rotatable bonds is 6. The molecule has 138 valence electrons. The number of hydrogen-bond donors (Lipinski definition) is 3. The molecule has 0 atom stereocenters. The van der Waals surface area contributed by atoms with E-state index >= 15 is 0 Å². The Kier molecular flexibility index (Phi) is 6.17. The van der Waals surface area contributed by atoms with E-state index in [1.807, 2.05) is 42.6 Å². The summed E-state index contributed by atoms with van der Waals surface area (Å²) in [5, 5.41) is 11.0. The summed E-state index contributed by atoms with van der Waals surface area (Å²) < 4.78 is 0. The smallest absolute Gasteiger partial charge is 0.319 e. The third kappa shape index (κ3) is 5.39. The Hall–Kier alpha value is -3.19. The molecule has 2 aromatic carbocycles. The first-order valence-electron chi connectivity index (χ1n) is 8.58. The SMILES string of the molecule is CCNC(=O)Nc1cccc(NC(=O)Cc2csc(-c3ccccc3)n2)c1. The number of urea groups is 1. The van der Waals surface area contributed by atoms with Gasteiger partial charge in [-0.2, -0.15) is 0 Å². The Bertz CT molecular complexity index is 924. The maximum absolute atomic E-state index is 12.3. The molecule has 27 heavy (non-hydrogen) atoms. The molecule has 3 aromatic rings. The minimum absolute atomic E-state index is 0.157. The standard InChI is InChI=1S/C20H20N4O2S/c1-2-21-20(26)24-16-10-6-9-15(11-16)22-18(25)12-17-13-27-19(23-17)14-7-4-3-5-8-14/h3-11,13H,2,12H2,1H3,(H,22,25)(H2,21,24,26). The number of hydrogen-bond acceptors (Lipinski definition) is 4. The van der Waals surface area contributed by atoms with Crippen LogP contribution in [-0.2, 0) is 11.2 Å². The molecule has 0 aliphatic carbocycles. The van der Waals surface area contributed by atoms with E-state index in [4.69, 9.17) is 0 Å². The van der Waals surface area contributed by atoms with Crippen LogP contribution in [-0.4, -0.2) is 23.5 Å². The van der Waals surface area contributed by atoms with Gasteiger partial charge in [-0.15, -0.1) is 11.3 Å². The van der Waals surface area contributed by atoms with Gasteiger partial charge in [-0.1, -0.05) is 36.4 Å². The largest absolute Gasteiger partial charge is 0.338 e. The summed E-state index contributed by atoms with van der Waals surface area (Å²) in [6.45, 7) is 2.39. The lowest BCUT2D eigenvalue weighted by atomic mass is 10.2. The molecule has 0 unspecified atom stereocenters. The zero-order valence-electron chi connectivity index (χ0n) is 14.9. The van der Waals surface area contributed by atoms with Gasteiger partial charge in [0.05, 0.1) is 12.1 Å². The summed E-state index contributed by atoms with van der Waals surface area (Å²) >= 11 is 1.52. The van der Waals surface area contributed by atoms with Crippen LogP contribution in [0.4, 0.5) is 16.2 Å². The first-order chi connectivity index (χ1) is 13.1. The van der Waals surface area contributed by atoms with Gasteiger partial charge in [-0.25, -0.2) is 9.78 Å². The molecule has 6 nitrogen and oxygen atoms in total. The Balaban J connectivity index is 1.60. The number of nitrogens with zero attached hydrogens (tertiary/aromatic N) is 1. The predicted molar refractivity (Wildman–Crippen MR) is 109 cm³/mol. The topological polar surface area (TPSA) is 83.1 Å². The molecule has 3 amide bonds. The fraction of sp³-hybridized carbons (Fsp3) is 0.150. The van der Waals surface area contributed by atoms with Crippen molar-refractivity contribution in [1.82, 2.24) is 10.3 Å². The van der Waals surface area contributed by atoms with Gasteiger partial charge in [-0.05, 0) is 25.1 Å². The molecule has 3 N–H and O–H groups in total. The molecule has 0 saturated heterocycles. The lowest BCUT2D eigenvalue weighted by Crippen LogP contribution is -2.28. The normalized spacial score (nSPS) is 10.3. The highest BCUT2D eigenvalue weighted by Gasteiger charge is 2.10. The molecule has 1 heterocycles. The summed E-state index contributed by atoms with van der Waals surface area (Å²) in [7, 11) is 0. The Morgan fingerprint density at radius 1 is 1.00 bits per heavy atom. The predicted octanol–water partition coefficient (Wildman–Crippen LogP) is 4.13. The summed E-state index contributed by atoms with van der Waals surface area (Å²) in [6, 6.07) is 16.6. The number of aromatic nitrogens is 1. The number of carbonyl (C=O) groups excluding carboxylic acids is 2. The van der Waals surface area contributed by atoms with E-state index in [0.717, 1.165) is 16.3 Å². The van der Waals surface area contributed by atoms with Crippen molar-refractivity contribution in [2.45, 2.75) is 13.3 Å². The second-order valence-electron chi connectivity index (χ2n) is 5.80. The van der Waals surface area contributed by atoms with E-state index < -0.39 is 0 Å². The maximum atomic E-state index is 12.3. The van der Waals surface area contributed by atoms with Gasteiger partial charge < -0.3 is 16.0 Å². The lowest BCUT2D eigenvalue weighted by molar-refractivity contribution is -0.115. The van der Waals surface area contributed by atoms with E-state index in [2.05, 4.69) is 20.9 Å². The van der Waals surface area contributed by atoms with Crippen molar-refractivity contribution in [1.29, 1.82) is 0 Å². The first-order valence-corrected chi connectivity index (χ1v) is 9.46. The van der Waals surface area contributed by atoms with Crippen LogP contribution in [0.15, 0.2) is 60.0 Å². The summed E-state index contributed by atoms with van der Waals surface area (Å²) in [5.41, 5.74) is 3.00. The fourth-order valence-corrected chi connectivity index (χ4v) is 3.31. The van der Waals surface area contributed by atoms with E-state index in [-0.39, 0.29) is 18.4 Å². The van der Waals surface area contributed by atoms with Crippen LogP contribution < -0.4 is 16.0 Å². The second kappa shape index (κ2) is 8.95. The fourth-order valence-electron chi connectivity index (χ4n) is 2.48. The quantitative estimate of drug-likeness (QED) is 0.601.